The van der Waals surface area contributed by atoms with Crippen molar-refractivity contribution in [3.05, 3.63) is 65.2 Å². The Morgan fingerprint density at radius 3 is 2.37 bits per heavy atom. The number of aryl methyl sites for hydroxylation is 1. The Kier molecular flexibility index (Phi) is 4.74. The average molecular weight is 318 g/mol. The molecule has 98 valence electrons. The summed E-state index contributed by atoms with van der Waals surface area (Å²) in [6.07, 6.45) is 0.899. The normalized spacial score (nSPS) is 10.2. The quantitative estimate of drug-likeness (QED) is 0.832. The van der Waals surface area contributed by atoms with Crippen molar-refractivity contribution < 1.29 is 4.79 Å². The first-order chi connectivity index (χ1) is 9.26. The van der Waals surface area contributed by atoms with Crippen LogP contribution in [0, 0.1) is 0 Å². The summed E-state index contributed by atoms with van der Waals surface area (Å²) in [6.45, 7) is 2.08. The van der Waals surface area contributed by atoms with Crippen molar-refractivity contribution in [2.24, 2.45) is 0 Å². The first kappa shape index (κ1) is 13.8. The third kappa shape index (κ3) is 3.24. The molecule has 0 aliphatic heterocycles. The lowest BCUT2D eigenvalue weighted by molar-refractivity contribution is 0.102. The molecular weight excluding hydrogens is 302 g/mol. The number of hydrogen-bond acceptors (Lipinski definition) is 1. The van der Waals surface area contributed by atoms with Crippen LogP contribution in [0.5, 0.6) is 0 Å². The molecule has 2 nitrogen and oxygen atoms in total. The molecule has 2 rings (SSSR count). The zero-order valence-electron chi connectivity index (χ0n) is 10.8. The number of benzene rings is 2. The molecule has 0 unspecified atom stereocenters. The van der Waals surface area contributed by atoms with Gasteiger partial charge in [-0.3, -0.25) is 4.79 Å². The summed E-state index contributed by atoms with van der Waals surface area (Å²) in [5.41, 5.74) is 3.74. The largest absolute Gasteiger partial charge is 0.322 e. The van der Waals surface area contributed by atoms with Crippen molar-refractivity contribution in [3.63, 3.8) is 0 Å². The summed E-state index contributed by atoms with van der Waals surface area (Å²) in [4.78, 5) is 12.3. The molecule has 0 spiro atoms. The summed E-state index contributed by atoms with van der Waals surface area (Å²) < 4.78 is 0. The number of halogens is 1. The van der Waals surface area contributed by atoms with Gasteiger partial charge in [-0.2, -0.15) is 0 Å². The van der Waals surface area contributed by atoms with Crippen LogP contribution < -0.4 is 5.32 Å². The van der Waals surface area contributed by atoms with E-state index in [1.165, 1.54) is 0 Å². The molecular formula is C16H16BrNO. The van der Waals surface area contributed by atoms with E-state index in [4.69, 9.17) is 0 Å². The highest BCUT2D eigenvalue weighted by molar-refractivity contribution is 9.08. The maximum Gasteiger partial charge on any atom is 0.255 e. The molecule has 0 fully saturated rings. The number of hydrogen-bond donors (Lipinski definition) is 1. The molecule has 1 N–H and O–H groups in total. The Labute approximate surface area is 122 Å². The number of anilines is 1. The van der Waals surface area contributed by atoms with E-state index in [1.54, 1.807) is 0 Å². The van der Waals surface area contributed by atoms with Crippen LogP contribution in [0.1, 0.15) is 28.4 Å². The van der Waals surface area contributed by atoms with Gasteiger partial charge in [0.1, 0.15) is 0 Å². The Morgan fingerprint density at radius 2 is 1.68 bits per heavy atom. The molecule has 2 aromatic carbocycles. The molecule has 0 radical (unpaired) electrons. The van der Waals surface area contributed by atoms with E-state index in [-0.39, 0.29) is 5.91 Å². The summed E-state index contributed by atoms with van der Waals surface area (Å²) >= 11 is 3.41. The van der Waals surface area contributed by atoms with Crippen molar-refractivity contribution in [1.82, 2.24) is 0 Å². The standard InChI is InChI=1S/C16H16BrNO/c1-2-12-7-4-6-10-15(12)18-16(19)14-9-5-3-8-13(14)11-17/h3-10H,2,11H2,1H3,(H,18,19). The van der Waals surface area contributed by atoms with Crippen LogP contribution in [0.2, 0.25) is 0 Å². The van der Waals surface area contributed by atoms with Crippen molar-refractivity contribution in [2.45, 2.75) is 18.7 Å². The number of carbonyl (C=O) groups excluding carboxylic acids is 1. The lowest BCUT2D eigenvalue weighted by atomic mass is 10.1. The second kappa shape index (κ2) is 6.53. The zero-order valence-corrected chi connectivity index (χ0v) is 12.4. The van der Waals surface area contributed by atoms with Gasteiger partial charge >= 0.3 is 0 Å². The average Bonchev–Trinajstić information content (AvgIpc) is 2.47. The molecule has 0 aliphatic rings. The molecule has 0 bridgehead atoms. The number of nitrogens with one attached hydrogen (secondary N) is 1. The van der Waals surface area contributed by atoms with Gasteiger partial charge in [-0.05, 0) is 29.7 Å². The third-order valence-corrected chi connectivity index (χ3v) is 3.66. The minimum atomic E-state index is -0.0593. The van der Waals surface area contributed by atoms with E-state index < -0.39 is 0 Å². The van der Waals surface area contributed by atoms with Gasteiger partial charge in [-0.1, -0.05) is 59.3 Å². The number of para-hydroxylation sites is 1. The number of rotatable bonds is 4. The fraction of sp³-hybridized carbons (Fsp3) is 0.188. The van der Waals surface area contributed by atoms with E-state index in [2.05, 4.69) is 28.2 Å². The molecule has 3 heteroatoms. The molecule has 0 saturated heterocycles. The predicted molar refractivity (Wildman–Crippen MR) is 82.8 cm³/mol. The molecule has 0 atom stereocenters. The summed E-state index contributed by atoms with van der Waals surface area (Å²) in [5.74, 6) is -0.0593. The van der Waals surface area contributed by atoms with E-state index in [9.17, 15) is 4.79 Å². The first-order valence-electron chi connectivity index (χ1n) is 6.29. The van der Waals surface area contributed by atoms with E-state index >= 15 is 0 Å². The Balaban J connectivity index is 2.26. The van der Waals surface area contributed by atoms with Gasteiger partial charge in [0.25, 0.3) is 5.91 Å². The molecule has 1 amide bonds. The van der Waals surface area contributed by atoms with Crippen molar-refractivity contribution in [1.29, 1.82) is 0 Å². The predicted octanol–water partition coefficient (Wildman–Crippen LogP) is 4.40. The lowest BCUT2D eigenvalue weighted by Gasteiger charge is -2.11. The van der Waals surface area contributed by atoms with Gasteiger partial charge in [-0.15, -0.1) is 0 Å². The van der Waals surface area contributed by atoms with Crippen LogP contribution in [0.25, 0.3) is 0 Å². The van der Waals surface area contributed by atoms with Crippen molar-refractivity contribution >= 4 is 27.5 Å². The first-order valence-corrected chi connectivity index (χ1v) is 7.41. The maximum absolute atomic E-state index is 12.3. The lowest BCUT2D eigenvalue weighted by Crippen LogP contribution is -2.14. The highest BCUT2D eigenvalue weighted by atomic mass is 79.9. The topological polar surface area (TPSA) is 29.1 Å². The third-order valence-electron chi connectivity index (χ3n) is 3.05. The summed E-state index contributed by atoms with van der Waals surface area (Å²) in [5, 5.41) is 3.67. The van der Waals surface area contributed by atoms with Crippen molar-refractivity contribution in [2.75, 3.05) is 5.32 Å². The SMILES string of the molecule is CCc1ccccc1NC(=O)c1ccccc1CBr. The van der Waals surface area contributed by atoms with E-state index in [0.717, 1.165) is 23.2 Å². The van der Waals surface area contributed by atoms with Crippen LogP contribution in [0.4, 0.5) is 5.69 Å². The van der Waals surface area contributed by atoms with Gasteiger partial charge in [0.2, 0.25) is 0 Å². The highest BCUT2D eigenvalue weighted by Crippen LogP contribution is 2.18. The number of amides is 1. The maximum atomic E-state index is 12.3. The minimum absolute atomic E-state index is 0.0593. The second-order valence-electron chi connectivity index (χ2n) is 4.26. The fourth-order valence-corrected chi connectivity index (χ4v) is 2.49. The molecule has 19 heavy (non-hydrogen) atoms. The second-order valence-corrected chi connectivity index (χ2v) is 4.82. The van der Waals surface area contributed by atoms with Gasteiger partial charge in [0, 0.05) is 16.6 Å². The summed E-state index contributed by atoms with van der Waals surface area (Å²) in [7, 11) is 0. The minimum Gasteiger partial charge on any atom is -0.322 e. The monoisotopic (exact) mass is 317 g/mol. The highest BCUT2D eigenvalue weighted by Gasteiger charge is 2.11. The molecule has 0 heterocycles. The van der Waals surface area contributed by atoms with Crippen LogP contribution in [0.15, 0.2) is 48.5 Å². The van der Waals surface area contributed by atoms with Crippen LogP contribution in [-0.2, 0) is 11.8 Å². The molecule has 0 aromatic heterocycles. The van der Waals surface area contributed by atoms with E-state index in [1.807, 2.05) is 48.5 Å². The molecule has 0 aliphatic carbocycles. The summed E-state index contributed by atoms with van der Waals surface area (Å²) in [6, 6.07) is 15.5. The van der Waals surface area contributed by atoms with E-state index in [0.29, 0.717) is 10.9 Å². The Bertz CT molecular complexity index is 580. The molecule has 0 saturated carbocycles. The van der Waals surface area contributed by atoms with Crippen LogP contribution in [-0.4, -0.2) is 5.91 Å². The van der Waals surface area contributed by atoms with Gasteiger partial charge < -0.3 is 5.32 Å². The zero-order chi connectivity index (χ0) is 13.7. The Hall–Kier alpha value is -1.61. The van der Waals surface area contributed by atoms with Crippen LogP contribution in [0.3, 0.4) is 0 Å². The number of carbonyl (C=O) groups is 1. The fourth-order valence-electron chi connectivity index (χ4n) is 2.00. The van der Waals surface area contributed by atoms with Gasteiger partial charge in [-0.25, -0.2) is 0 Å². The molecule has 2 aromatic rings. The Morgan fingerprint density at radius 1 is 1.05 bits per heavy atom. The van der Waals surface area contributed by atoms with Gasteiger partial charge in [0.05, 0.1) is 0 Å². The van der Waals surface area contributed by atoms with Crippen LogP contribution >= 0.6 is 15.9 Å². The smallest absolute Gasteiger partial charge is 0.255 e. The number of alkyl halides is 1. The van der Waals surface area contributed by atoms with Gasteiger partial charge in [0.15, 0.2) is 0 Å². The van der Waals surface area contributed by atoms with Crippen molar-refractivity contribution in [3.8, 4) is 0 Å².